The smallest absolute Gasteiger partial charge is 0.306 e. The Morgan fingerprint density at radius 2 is 1.75 bits per heavy atom. The lowest BCUT2D eigenvalue weighted by Crippen LogP contribution is -2.43. The van der Waals surface area contributed by atoms with Crippen molar-refractivity contribution in [1.82, 2.24) is 4.90 Å². The number of amides is 2. The van der Waals surface area contributed by atoms with Crippen LogP contribution in [0, 0.1) is 11.3 Å². The molecule has 114 valence electrons. The van der Waals surface area contributed by atoms with Gasteiger partial charge in [0.1, 0.15) is 0 Å². The van der Waals surface area contributed by atoms with E-state index in [1.165, 1.54) is 0 Å². The number of primary amides is 1. The Morgan fingerprint density at radius 3 is 2.20 bits per heavy atom. The molecule has 0 aromatic carbocycles. The van der Waals surface area contributed by atoms with Crippen LogP contribution in [0.4, 0.5) is 0 Å². The summed E-state index contributed by atoms with van der Waals surface area (Å²) in [5.41, 5.74) is 5.08. The maximum atomic E-state index is 11.9. The molecule has 1 aliphatic rings. The van der Waals surface area contributed by atoms with E-state index in [0.29, 0.717) is 25.9 Å². The summed E-state index contributed by atoms with van der Waals surface area (Å²) >= 11 is 0. The van der Waals surface area contributed by atoms with Crippen molar-refractivity contribution in [3.8, 4) is 0 Å². The van der Waals surface area contributed by atoms with E-state index in [-0.39, 0.29) is 42.1 Å². The van der Waals surface area contributed by atoms with Gasteiger partial charge in [0, 0.05) is 19.0 Å². The number of nitrogens with zero attached hydrogens (tertiary/aromatic N) is 1. The summed E-state index contributed by atoms with van der Waals surface area (Å²) in [5, 5.41) is 0. The summed E-state index contributed by atoms with van der Waals surface area (Å²) in [7, 11) is 0. The van der Waals surface area contributed by atoms with Crippen molar-refractivity contribution in [3.63, 3.8) is 0 Å². The molecular formula is C14H24N2O4. The zero-order chi connectivity index (χ0) is 15.3. The number of rotatable bonds is 4. The van der Waals surface area contributed by atoms with Gasteiger partial charge < -0.3 is 15.4 Å². The van der Waals surface area contributed by atoms with Crippen molar-refractivity contribution >= 4 is 17.8 Å². The van der Waals surface area contributed by atoms with E-state index in [1.54, 1.807) is 4.90 Å². The first-order valence-electron chi connectivity index (χ1n) is 6.92. The standard InChI is InChI=1S/C14H24N2O4/c1-14(2,3)8-12(18)20-9-11(17)16-6-4-10(5-7-16)13(15)19/h10H,4-9H2,1-3H3,(H2,15,19). The van der Waals surface area contributed by atoms with Crippen molar-refractivity contribution in [3.05, 3.63) is 0 Å². The van der Waals surface area contributed by atoms with Gasteiger partial charge in [-0.3, -0.25) is 14.4 Å². The van der Waals surface area contributed by atoms with Gasteiger partial charge in [0.05, 0.1) is 6.42 Å². The van der Waals surface area contributed by atoms with E-state index >= 15 is 0 Å². The number of hydrogen-bond donors (Lipinski definition) is 1. The summed E-state index contributed by atoms with van der Waals surface area (Å²) in [6.45, 7) is 6.56. The highest BCUT2D eigenvalue weighted by Gasteiger charge is 2.26. The molecule has 2 amide bonds. The van der Waals surface area contributed by atoms with Crippen molar-refractivity contribution in [2.45, 2.75) is 40.0 Å². The second-order valence-electron chi connectivity index (χ2n) is 6.46. The quantitative estimate of drug-likeness (QED) is 0.769. The van der Waals surface area contributed by atoms with Crippen LogP contribution in [0.5, 0.6) is 0 Å². The molecule has 0 aromatic rings. The Bertz CT molecular complexity index is 379. The fraction of sp³-hybridized carbons (Fsp3) is 0.786. The van der Waals surface area contributed by atoms with E-state index in [0.717, 1.165) is 0 Å². The lowest BCUT2D eigenvalue weighted by molar-refractivity contribution is -0.154. The average Bonchev–Trinajstić information content (AvgIpc) is 2.34. The number of ether oxygens (including phenoxy) is 1. The fourth-order valence-electron chi connectivity index (χ4n) is 2.13. The SMILES string of the molecule is CC(C)(C)CC(=O)OCC(=O)N1CCC(C(N)=O)CC1. The summed E-state index contributed by atoms with van der Waals surface area (Å²) in [4.78, 5) is 36.1. The highest BCUT2D eigenvalue weighted by atomic mass is 16.5. The Balaban J connectivity index is 2.31. The predicted octanol–water partition coefficient (Wildman–Crippen LogP) is 0.690. The molecule has 20 heavy (non-hydrogen) atoms. The molecule has 2 N–H and O–H groups in total. The summed E-state index contributed by atoms with van der Waals surface area (Å²) in [6, 6.07) is 0. The first-order valence-corrected chi connectivity index (χ1v) is 6.92. The van der Waals surface area contributed by atoms with Gasteiger partial charge in [0.15, 0.2) is 6.61 Å². The topological polar surface area (TPSA) is 89.7 Å². The van der Waals surface area contributed by atoms with Crippen molar-refractivity contribution in [2.75, 3.05) is 19.7 Å². The fourth-order valence-corrected chi connectivity index (χ4v) is 2.13. The number of esters is 1. The van der Waals surface area contributed by atoms with Crippen LogP contribution in [-0.2, 0) is 19.1 Å². The number of likely N-dealkylation sites (tertiary alicyclic amines) is 1. The van der Waals surface area contributed by atoms with E-state index in [4.69, 9.17) is 10.5 Å². The highest BCUT2D eigenvalue weighted by Crippen LogP contribution is 2.19. The first-order chi connectivity index (χ1) is 9.19. The second-order valence-corrected chi connectivity index (χ2v) is 6.46. The normalized spacial score (nSPS) is 16.9. The number of hydrogen-bond acceptors (Lipinski definition) is 4. The molecule has 0 aromatic heterocycles. The molecular weight excluding hydrogens is 260 g/mol. The minimum absolute atomic E-state index is 0.150. The number of carbonyl (C=O) groups excluding carboxylic acids is 3. The van der Waals surface area contributed by atoms with E-state index in [9.17, 15) is 14.4 Å². The molecule has 0 atom stereocenters. The first kappa shape index (κ1) is 16.5. The monoisotopic (exact) mass is 284 g/mol. The van der Waals surface area contributed by atoms with Crippen LogP contribution in [-0.4, -0.2) is 42.4 Å². The van der Waals surface area contributed by atoms with Gasteiger partial charge in [0.2, 0.25) is 5.91 Å². The molecule has 1 heterocycles. The summed E-state index contributed by atoms with van der Waals surface area (Å²) in [5.74, 6) is -1.04. The van der Waals surface area contributed by atoms with Gasteiger partial charge in [0.25, 0.3) is 5.91 Å². The third-order valence-corrected chi connectivity index (χ3v) is 3.28. The van der Waals surface area contributed by atoms with Crippen molar-refractivity contribution in [1.29, 1.82) is 0 Å². The molecule has 1 aliphatic heterocycles. The van der Waals surface area contributed by atoms with E-state index in [2.05, 4.69) is 0 Å². The van der Waals surface area contributed by atoms with Gasteiger partial charge in [-0.25, -0.2) is 0 Å². The largest absolute Gasteiger partial charge is 0.456 e. The number of carbonyl (C=O) groups is 3. The molecule has 0 saturated carbocycles. The molecule has 6 heteroatoms. The van der Waals surface area contributed by atoms with Crippen LogP contribution >= 0.6 is 0 Å². The van der Waals surface area contributed by atoms with E-state index in [1.807, 2.05) is 20.8 Å². The van der Waals surface area contributed by atoms with Crippen molar-refractivity contribution < 1.29 is 19.1 Å². The molecule has 0 bridgehead atoms. The van der Waals surface area contributed by atoms with Gasteiger partial charge in [-0.15, -0.1) is 0 Å². The molecule has 0 radical (unpaired) electrons. The second kappa shape index (κ2) is 6.72. The van der Waals surface area contributed by atoms with Crippen LogP contribution in [0.3, 0.4) is 0 Å². The van der Waals surface area contributed by atoms with Crippen LogP contribution in [0.1, 0.15) is 40.0 Å². The van der Waals surface area contributed by atoms with Crippen LogP contribution < -0.4 is 5.73 Å². The number of nitrogens with two attached hydrogens (primary N) is 1. The Hall–Kier alpha value is -1.59. The molecule has 1 saturated heterocycles. The predicted molar refractivity (Wildman–Crippen MR) is 73.5 cm³/mol. The maximum absolute atomic E-state index is 11.9. The zero-order valence-corrected chi connectivity index (χ0v) is 12.5. The minimum atomic E-state index is -0.363. The summed E-state index contributed by atoms with van der Waals surface area (Å²) in [6.07, 6.45) is 1.44. The Morgan fingerprint density at radius 1 is 1.20 bits per heavy atom. The lowest BCUT2D eigenvalue weighted by atomic mass is 9.92. The Labute approximate surface area is 119 Å². The maximum Gasteiger partial charge on any atom is 0.306 e. The third kappa shape index (κ3) is 5.59. The van der Waals surface area contributed by atoms with Gasteiger partial charge in [-0.2, -0.15) is 0 Å². The van der Waals surface area contributed by atoms with Crippen LogP contribution in [0.15, 0.2) is 0 Å². The van der Waals surface area contributed by atoms with Crippen LogP contribution in [0.25, 0.3) is 0 Å². The van der Waals surface area contributed by atoms with Gasteiger partial charge in [-0.05, 0) is 18.3 Å². The molecule has 0 spiro atoms. The highest BCUT2D eigenvalue weighted by molar-refractivity contribution is 5.81. The van der Waals surface area contributed by atoms with Gasteiger partial charge in [-0.1, -0.05) is 20.8 Å². The van der Waals surface area contributed by atoms with Crippen molar-refractivity contribution in [2.24, 2.45) is 17.1 Å². The lowest BCUT2D eigenvalue weighted by Gasteiger charge is -2.30. The minimum Gasteiger partial charge on any atom is -0.456 e. The van der Waals surface area contributed by atoms with Gasteiger partial charge >= 0.3 is 5.97 Å². The number of piperidine rings is 1. The molecule has 1 rings (SSSR count). The molecule has 6 nitrogen and oxygen atoms in total. The average molecular weight is 284 g/mol. The zero-order valence-electron chi connectivity index (χ0n) is 12.5. The molecule has 0 unspecified atom stereocenters. The molecule has 1 fully saturated rings. The Kier molecular flexibility index (Phi) is 5.53. The molecule has 0 aliphatic carbocycles. The summed E-state index contributed by atoms with van der Waals surface area (Å²) < 4.78 is 4.99. The third-order valence-electron chi connectivity index (χ3n) is 3.28. The van der Waals surface area contributed by atoms with Crippen LogP contribution in [0.2, 0.25) is 0 Å². The van der Waals surface area contributed by atoms with E-state index < -0.39 is 0 Å².